The van der Waals surface area contributed by atoms with Crippen LogP contribution in [0.15, 0.2) is 83.3 Å². The Morgan fingerprint density at radius 2 is 1.88 bits per heavy atom. The van der Waals surface area contributed by atoms with E-state index in [1.54, 1.807) is 25.1 Å². The minimum Gasteiger partial charge on any atom is -0.435 e. The Labute approximate surface area is 194 Å². The van der Waals surface area contributed by atoms with E-state index in [9.17, 15) is 19.2 Å². The van der Waals surface area contributed by atoms with Crippen molar-refractivity contribution in [2.75, 3.05) is 0 Å². The number of carbonyl (C=O) groups is 1. The second kappa shape index (κ2) is 9.79. The third-order valence-corrected chi connectivity index (χ3v) is 5.04. The van der Waals surface area contributed by atoms with Crippen molar-refractivity contribution in [1.82, 2.24) is 14.7 Å². The summed E-state index contributed by atoms with van der Waals surface area (Å²) in [7, 11) is 0. The molecule has 1 amide bonds. The molecule has 2 aromatic heterocycles. The number of pyridine rings is 1. The summed E-state index contributed by atoms with van der Waals surface area (Å²) in [6, 6.07) is 20.1. The maximum absolute atomic E-state index is 14.3. The number of rotatable bonds is 6. The molecule has 0 aliphatic carbocycles. The molecular weight excluding hydrogens is 435 g/mol. The standard InChI is InChI=1S/C26H19FN4O3/c1-17-8-7-13-31-23(17)30-25(34-22-12-6-5-11-21(22)27)20(26(31)33)14-19(15-28)24(32)29-16-18-9-3-2-4-10-18/h2-14H,16H2,1H3,(H,29,32)/b19-14+. The number of nitrogens with one attached hydrogen (secondary N) is 1. The van der Waals surface area contributed by atoms with Crippen LogP contribution in [-0.4, -0.2) is 15.3 Å². The molecule has 168 valence electrons. The molecule has 0 radical (unpaired) electrons. The summed E-state index contributed by atoms with van der Waals surface area (Å²) in [4.78, 5) is 30.4. The maximum Gasteiger partial charge on any atom is 0.269 e. The van der Waals surface area contributed by atoms with Gasteiger partial charge in [0.2, 0.25) is 5.88 Å². The summed E-state index contributed by atoms with van der Waals surface area (Å²) in [6.45, 7) is 1.97. The van der Waals surface area contributed by atoms with E-state index < -0.39 is 17.3 Å². The number of ether oxygens (including phenoxy) is 1. The average Bonchev–Trinajstić information content (AvgIpc) is 2.85. The minimum atomic E-state index is -0.670. The number of fused-ring (bicyclic) bond motifs is 1. The Morgan fingerprint density at radius 1 is 1.15 bits per heavy atom. The fourth-order valence-electron chi connectivity index (χ4n) is 3.29. The van der Waals surface area contributed by atoms with Gasteiger partial charge in [0.25, 0.3) is 11.5 Å². The van der Waals surface area contributed by atoms with E-state index in [0.717, 1.165) is 11.6 Å². The van der Waals surface area contributed by atoms with Crippen LogP contribution in [0.4, 0.5) is 4.39 Å². The zero-order valence-electron chi connectivity index (χ0n) is 18.2. The van der Waals surface area contributed by atoms with Crippen LogP contribution in [0.3, 0.4) is 0 Å². The Bertz CT molecular complexity index is 1500. The number of nitrogens with zero attached hydrogens (tertiary/aromatic N) is 3. The van der Waals surface area contributed by atoms with Crippen LogP contribution in [-0.2, 0) is 11.3 Å². The van der Waals surface area contributed by atoms with Gasteiger partial charge in [0.05, 0.1) is 0 Å². The molecular formula is C26H19FN4O3. The number of aromatic nitrogens is 2. The van der Waals surface area contributed by atoms with Gasteiger partial charge in [-0.2, -0.15) is 10.2 Å². The molecule has 0 atom stereocenters. The summed E-state index contributed by atoms with van der Waals surface area (Å²) in [5.74, 6) is -1.68. The van der Waals surface area contributed by atoms with Gasteiger partial charge in [-0.1, -0.05) is 48.5 Å². The lowest BCUT2D eigenvalue weighted by Crippen LogP contribution is -2.25. The highest BCUT2D eigenvalue weighted by Crippen LogP contribution is 2.26. The lowest BCUT2D eigenvalue weighted by atomic mass is 10.1. The molecule has 1 N–H and O–H groups in total. The van der Waals surface area contributed by atoms with Crippen LogP contribution in [0.25, 0.3) is 11.7 Å². The molecule has 4 rings (SSSR count). The molecule has 0 saturated heterocycles. The van der Waals surface area contributed by atoms with E-state index in [1.807, 2.05) is 36.4 Å². The topological polar surface area (TPSA) is 96.5 Å². The zero-order chi connectivity index (χ0) is 24.1. The average molecular weight is 454 g/mol. The van der Waals surface area contributed by atoms with Crippen LogP contribution in [0.1, 0.15) is 16.7 Å². The highest BCUT2D eigenvalue weighted by Gasteiger charge is 2.19. The Kier molecular flexibility index (Phi) is 6.46. The predicted octanol–water partition coefficient (Wildman–Crippen LogP) is 4.16. The number of amides is 1. The predicted molar refractivity (Wildman–Crippen MR) is 125 cm³/mol. The fourth-order valence-corrected chi connectivity index (χ4v) is 3.29. The summed E-state index contributed by atoms with van der Waals surface area (Å²) < 4.78 is 21.2. The fraction of sp³-hybridized carbons (Fsp3) is 0.0769. The number of hydrogen-bond donors (Lipinski definition) is 1. The molecule has 2 heterocycles. The highest BCUT2D eigenvalue weighted by atomic mass is 19.1. The molecule has 0 bridgehead atoms. The van der Waals surface area contributed by atoms with Gasteiger partial charge in [-0.3, -0.25) is 14.0 Å². The van der Waals surface area contributed by atoms with Crippen molar-refractivity contribution >= 4 is 17.6 Å². The van der Waals surface area contributed by atoms with Gasteiger partial charge in [-0.05, 0) is 42.3 Å². The molecule has 34 heavy (non-hydrogen) atoms. The molecule has 0 aliphatic rings. The molecule has 0 unspecified atom stereocenters. The van der Waals surface area contributed by atoms with Crippen molar-refractivity contribution in [2.45, 2.75) is 13.5 Å². The quantitative estimate of drug-likeness (QED) is 0.349. The first-order valence-electron chi connectivity index (χ1n) is 10.4. The number of halogens is 1. The molecule has 0 fully saturated rings. The minimum absolute atomic E-state index is 0.144. The van der Waals surface area contributed by atoms with Gasteiger partial charge in [0.15, 0.2) is 11.6 Å². The molecule has 0 aliphatic heterocycles. The lowest BCUT2D eigenvalue weighted by Gasteiger charge is -2.12. The summed E-state index contributed by atoms with van der Waals surface area (Å²) >= 11 is 0. The van der Waals surface area contributed by atoms with Crippen molar-refractivity contribution in [1.29, 1.82) is 5.26 Å². The smallest absolute Gasteiger partial charge is 0.269 e. The van der Waals surface area contributed by atoms with E-state index in [2.05, 4.69) is 10.3 Å². The third kappa shape index (κ3) is 4.69. The first-order valence-corrected chi connectivity index (χ1v) is 10.4. The van der Waals surface area contributed by atoms with Crippen LogP contribution >= 0.6 is 0 Å². The van der Waals surface area contributed by atoms with Crippen LogP contribution < -0.4 is 15.6 Å². The molecule has 0 spiro atoms. The van der Waals surface area contributed by atoms with Gasteiger partial charge in [-0.25, -0.2) is 4.39 Å². The third-order valence-electron chi connectivity index (χ3n) is 5.04. The largest absolute Gasteiger partial charge is 0.435 e. The summed E-state index contributed by atoms with van der Waals surface area (Å²) in [6.07, 6.45) is 2.63. The van der Waals surface area contributed by atoms with Crippen molar-refractivity contribution < 1.29 is 13.9 Å². The molecule has 4 aromatic rings. The summed E-state index contributed by atoms with van der Waals surface area (Å²) in [5.41, 5.74) is 0.805. The Hall–Kier alpha value is -4.77. The van der Waals surface area contributed by atoms with Crippen LogP contribution in [0.2, 0.25) is 0 Å². The van der Waals surface area contributed by atoms with Crippen LogP contribution in [0, 0.1) is 24.1 Å². The molecule has 7 nitrogen and oxygen atoms in total. The van der Waals surface area contributed by atoms with Gasteiger partial charge < -0.3 is 10.1 Å². The lowest BCUT2D eigenvalue weighted by molar-refractivity contribution is -0.117. The van der Waals surface area contributed by atoms with Crippen LogP contribution in [0.5, 0.6) is 11.6 Å². The number of carbonyl (C=O) groups excluding carboxylic acids is 1. The second-order valence-electron chi connectivity index (χ2n) is 7.39. The number of hydrogen-bond acceptors (Lipinski definition) is 5. The number of benzene rings is 2. The van der Waals surface area contributed by atoms with E-state index in [0.29, 0.717) is 11.2 Å². The summed E-state index contributed by atoms with van der Waals surface area (Å²) in [5, 5.41) is 12.3. The number of aryl methyl sites for hydroxylation is 1. The first kappa shape index (κ1) is 22.4. The van der Waals surface area contributed by atoms with Crippen molar-refractivity contribution in [3.63, 3.8) is 0 Å². The number of para-hydroxylation sites is 1. The van der Waals surface area contributed by atoms with Gasteiger partial charge in [0, 0.05) is 12.7 Å². The Morgan fingerprint density at radius 3 is 2.62 bits per heavy atom. The van der Waals surface area contributed by atoms with E-state index in [4.69, 9.17) is 4.74 Å². The number of nitriles is 1. The van der Waals surface area contributed by atoms with Gasteiger partial charge in [-0.15, -0.1) is 0 Å². The van der Waals surface area contributed by atoms with Gasteiger partial charge >= 0.3 is 0 Å². The molecule has 0 saturated carbocycles. The SMILES string of the molecule is Cc1cccn2c(=O)c(/C=C(\C#N)C(=O)NCc3ccccc3)c(Oc3ccccc3F)nc12. The maximum atomic E-state index is 14.3. The van der Waals surface area contributed by atoms with Crippen molar-refractivity contribution in [3.05, 3.63) is 111 Å². The van der Waals surface area contributed by atoms with Crippen molar-refractivity contribution in [3.8, 4) is 17.7 Å². The normalized spacial score (nSPS) is 11.1. The monoisotopic (exact) mass is 454 g/mol. The van der Waals surface area contributed by atoms with Crippen molar-refractivity contribution in [2.24, 2.45) is 0 Å². The second-order valence-corrected chi connectivity index (χ2v) is 7.39. The van der Waals surface area contributed by atoms with E-state index in [1.165, 1.54) is 28.8 Å². The van der Waals surface area contributed by atoms with Gasteiger partial charge in [0.1, 0.15) is 22.9 Å². The zero-order valence-corrected chi connectivity index (χ0v) is 18.2. The highest BCUT2D eigenvalue weighted by molar-refractivity contribution is 6.01. The molecule has 8 heteroatoms. The van der Waals surface area contributed by atoms with E-state index in [-0.39, 0.29) is 29.3 Å². The first-order chi connectivity index (χ1) is 16.5. The molecule has 2 aromatic carbocycles. The Balaban J connectivity index is 1.79. The van der Waals surface area contributed by atoms with E-state index >= 15 is 0 Å².